The molecule has 18 heavy (non-hydrogen) atoms. The van der Waals surface area contributed by atoms with Gasteiger partial charge >= 0.3 is 0 Å². The highest BCUT2D eigenvalue weighted by atomic mass is 35.5. The van der Waals surface area contributed by atoms with Crippen LogP contribution in [-0.2, 0) is 6.61 Å². The summed E-state index contributed by atoms with van der Waals surface area (Å²) in [7, 11) is 0. The average molecular weight is 274 g/mol. The molecule has 94 valence electrons. The summed E-state index contributed by atoms with van der Waals surface area (Å²) in [5, 5.41) is -0.0201. The van der Waals surface area contributed by atoms with E-state index < -0.39 is 17.5 Å². The van der Waals surface area contributed by atoms with E-state index in [-0.39, 0.29) is 23.1 Å². The molecule has 0 aliphatic heterocycles. The van der Waals surface area contributed by atoms with E-state index in [9.17, 15) is 13.2 Å². The Bertz CT molecular complexity index is 557. The molecule has 0 spiro atoms. The molecule has 1 aromatic heterocycles. The van der Waals surface area contributed by atoms with Crippen molar-refractivity contribution in [3.8, 4) is 5.75 Å². The van der Waals surface area contributed by atoms with E-state index in [4.69, 9.17) is 16.3 Å². The van der Waals surface area contributed by atoms with Gasteiger partial charge in [-0.1, -0.05) is 11.6 Å². The van der Waals surface area contributed by atoms with Crippen LogP contribution < -0.4 is 4.74 Å². The maximum absolute atomic E-state index is 12.9. The number of pyridine rings is 1. The molecule has 0 saturated heterocycles. The summed E-state index contributed by atoms with van der Waals surface area (Å²) in [5.74, 6) is -2.02. The van der Waals surface area contributed by atoms with Gasteiger partial charge in [0, 0.05) is 12.1 Å². The van der Waals surface area contributed by atoms with Crippen LogP contribution in [0.3, 0.4) is 0 Å². The Hall–Kier alpha value is -1.75. The Morgan fingerprint density at radius 2 is 1.67 bits per heavy atom. The van der Waals surface area contributed by atoms with E-state index in [1.165, 1.54) is 0 Å². The zero-order valence-electron chi connectivity index (χ0n) is 8.96. The molecule has 1 heterocycles. The normalized spacial score (nSPS) is 10.4. The number of ether oxygens (including phenoxy) is 1. The largest absolute Gasteiger partial charge is 0.486 e. The first kappa shape index (κ1) is 12.7. The molecule has 0 amide bonds. The van der Waals surface area contributed by atoms with Crippen molar-refractivity contribution in [3.63, 3.8) is 0 Å². The maximum Gasteiger partial charge on any atom is 0.171 e. The lowest BCUT2D eigenvalue weighted by Crippen LogP contribution is -1.99. The maximum atomic E-state index is 12.9. The van der Waals surface area contributed by atoms with Crippen molar-refractivity contribution in [2.24, 2.45) is 0 Å². The van der Waals surface area contributed by atoms with Crippen LogP contribution in [0.5, 0.6) is 5.75 Å². The van der Waals surface area contributed by atoms with Gasteiger partial charge in [0.05, 0.1) is 6.20 Å². The van der Waals surface area contributed by atoms with E-state index in [2.05, 4.69) is 4.98 Å². The van der Waals surface area contributed by atoms with Crippen LogP contribution in [0.2, 0.25) is 5.15 Å². The van der Waals surface area contributed by atoms with E-state index in [1.54, 1.807) is 0 Å². The molecule has 0 unspecified atom stereocenters. The fourth-order valence-corrected chi connectivity index (χ4v) is 1.52. The minimum atomic E-state index is -0.711. The highest BCUT2D eigenvalue weighted by Gasteiger charge is 2.06. The van der Waals surface area contributed by atoms with Crippen molar-refractivity contribution in [1.29, 1.82) is 0 Å². The van der Waals surface area contributed by atoms with E-state index in [0.717, 1.165) is 30.5 Å². The molecule has 2 nitrogen and oxygen atoms in total. The molecule has 0 radical (unpaired) electrons. The number of nitrogens with zero attached hydrogens (tertiary/aromatic N) is 1. The van der Waals surface area contributed by atoms with Crippen LogP contribution in [0.25, 0.3) is 0 Å². The van der Waals surface area contributed by atoms with Gasteiger partial charge in [0.25, 0.3) is 0 Å². The summed E-state index contributed by atoms with van der Waals surface area (Å²) in [5.41, 5.74) is 0.271. The van der Waals surface area contributed by atoms with Crippen LogP contribution in [0, 0.1) is 17.5 Å². The molecular formula is C12H7ClF3NO. The molecule has 0 bridgehead atoms. The monoisotopic (exact) mass is 273 g/mol. The first-order valence-corrected chi connectivity index (χ1v) is 5.31. The second kappa shape index (κ2) is 5.27. The van der Waals surface area contributed by atoms with Crippen LogP contribution in [0.4, 0.5) is 13.2 Å². The second-order valence-corrected chi connectivity index (χ2v) is 3.87. The fraction of sp³-hybridized carbons (Fsp3) is 0.0833. The number of rotatable bonds is 3. The van der Waals surface area contributed by atoms with Crippen molar-refractivity contribution in [2.75, 3.05) is 0 Å². The Morgan fingerprint density at radius 3 is 2.33 bits per heavy atom. The summed E-state index contributed by atoms with van der Waals surface area (Å²) < 4.78 is 43.8. The molecule has 6 heteroatoms. The minimum Gasteiger partial charge on any atom is -0.486 e. The standard InChI is InChI=1S/C12H7ClF3NO/c13-12-11(4-10(16)5-17-12)18-6-7-1-8(14)3-9(15)2-7/h1-5H,6H2. The van der Waals surface area contributed by atoms with Crippen molar-refractivity contribution >= 4 is 11.6 Å². The van der Waals surface area contributed by atoms with Gasteiger partial charge in [-0.2, -0.15) is 0 Å². The summed E-state index contributed by atoms with van der Waals surface area (Å²) in [6.45, 7) is -0.139. The Kier molecular flexibility index (Phi) is 3.72. The number of hydrogen-bond acceptors (Lipinski definition) is 2. The first-order valence-electron chi connectivity index (χ1n) is 4.93. The third-order valence-electron chi connectivity index (χ3n) is 2.09. The lowest BCUT2D eigenvalue weighted by molar-refractivity contribution is 0.302. The molecule has 0 aliphatic rings. The van der Waals surface area contributed by atoms with E-state index >= 15 is 0 Å². The number of halogens is 4. The van der Waals surface area contributed by atoms with Crippen molar-refractivity contribution in [1.82, 2.24) is 4.98 Å². The van der Waals surface area contributed by atoms with E-state index in [0.29, 0.717) is 0 Å². The molecule has 0 atom stereocenters. The zero-order valence-corrected chi connectivity index (χ0v) is 9.72. The number of aromatic nitrogens is 1. The van der Waals surface area contributed by atoms with Crippen molar-refractivity contribution in [2.45, 2.75) is 6.61 Å². The molecule has 2 rings (SSSR count). The summed E-state index contributed by atoms with van der Waals surface area (Å²) in [6, 6.07) is 4.03. The quantitative estimate of drug-likeness (QED) is 0.795. The Labute approximate surface area is 106 Å². The molecule has 0 fully saturated rings. The van der Waals surface area contributed by atoms with Crippen LogP contribution in [-0.4, -0.2) is 4.98 Å². The van der Waals surface area contributed by atoms with Gasteiger partial charge < -0.3 is 4.74 Å². The van der Waals surface area contributed by atoms with Gasteiger partial charge in [-0.3, -0.25) is 0 Å². The lowest BCUT2D eigenvalue weighted by Gasteiger charge is -2.07. The fourth-order valence-electron chi connectivity index (χ4n) is 1.36. The molecule has 0 aliphatic carbocycles. The van der Waals surface area contributed by atoms with Gasteiger partial charge in [-0.25, -0.2) is 18.2 Å². The van der Waals surface area contributed by atoms with Gasteiger partial charge in [0.2, 0.25) is 0 Å². The number of benzene rings is 1. The van der Waals surface area contributed by atoms with Gasteiger partial charge in [0.15, 0.2) is 10.9 Å². The third kappa shape index (κ3) is 3.13. The average Bonchev–Trinajstić information content (AvgIpc) is 2.29. The van der Waals surface area contributed by atoms with Crippen LogP contribution >= 0.6 is 11.6 Å². The first-order chi connectivity index (χ1) is 8.54. The van der Waals surface area contributed by atoms with Crippen molar-refractivity contribution in [3.05, 3.63) is 58.6 Å². The minimum absolute atomic E-state index is 0.0151. The highest BCUT2D eigenvalue weighted by Crippen LogP contribution is 2.23. The number of hydrogen-bond donors (Lipinski definition) is 0. The molecule has 2 aromatic rings. The van der Waals surface area contributed by atoms with E-state index in [1.807, 2.05) is 0 Å². The lowest BCUT2D eigenvalue weighted by atomic mass is 10.2. The Balaban J connectivity index is 2.13. The SMILES string of the molecule is Fc1cc(F)cc(COc2cc(F)cnc2Cl)c1. The second-order valence-electron chi connectivity index (χ2n) is 3.51. The molecule has 1 aromatic carbocycles. The van der Waals surface area contributed by atoms with Gasteiger partial charge in [-0.05, 0) is 17.7 Å². The molecular weight excluding hydrogens is 267 g/mol. The summed E-state index contributed by atoms with van der Waals surface area (Å²) >= 11 is 5.67. The third-order valence-corrected chi connectivity index (χ3v) is 2.37. The predicted molar refractivity (Wildman–Crippen MR) is 59.9 cm³/mol. The summed E-state index contributed by atoms with van der Waals surface area (Å²) in [4.78, 5) is 3.54. The van der Waals surface area contributed by atoms with Crippen LogP contribution in [0.1, 0.15) is 5.56 Å². The van der Waals surface area contributed by atoms with Gasteiger partial charge in [0.1, 0.15) is 24.1 Å². The topological polar surface area (TPSA) is 22.1 Å². The summed E-state index contributed by atoms with van der Waals surface area (Å²) in [6.07, 6.45) is 0.942. The van der Waals surface area contributed by atoms with Crippen molar-refractivity contribution < 1.29 is 17.9 Å². The highest BCUT2D eigenvalue weighted by molar-refractivity contribution is 6.30. The molecule has 0 saturated carbocycles. The predicted octanol–water partition coefficient (Wildman–Crippen LogP) is 3.73. The Morgan fingerprint density at radius 1 is 1.00 bits per heavy atom. The van der Waals surface area contributed by atoms with Gasteiger partial charge in [-0.15, -0.1) is 0 Å². The zero-order chi connectivity index (χ0) is 13.1. The van der Waals surface area contributed by atoms with Crippen LogP contribution in [0.15, 0.2) is 30.5 Å². The smallest absolute Gasteiger partial charge is 0.171 e. The molecule has 0 N–H and O–H groups in total.